The van der Waals surface area contributed by atoms with E-state index in [1.54, 1.807) is 11.3 Å². The molecule has 7 heteroatoms. The largest absolute Gasteiger partial charge is 0.361 e. The van der Waals surface area contributed by atoms with Crippen LogP contribution in [-0.2, 0) is 0 Å². The summed E-state index contributed by atoms with van der Waals surface area (Å²) in [5.41, 5.74) is 2.45. The van der Waals surface area contributed by atoms with Gasteiger partial charge >= 0.3 is 0 Å². The molecule has 0 saturated carbocycles. The van der Waals surface area contributed by atoms with Crippen LogP contribution in [0, 0.1) is 0 Å². The number of H-pyrrole nitrogens is 1. The summed E-state index contributed by atoms with van der Waals surface area (Å²) in [6.07, 6.45) is 3.52. The topological polar surface area (TPSA) is 70.7 Å². The van der Waals surface area contributed by atoms with E-state index < -0.39 is 0 Å². The number of hydrogen-bond donors (Lipinski definition) is 2. The fourth-order valence-corrected chi connectivity index (χ4v) is 4.36. The number of thiophene rings is 1. The zero-order chi connectivity index (χ0) is 20.4. The average molecular weight is 425 g/mol. The van der Waals surface area contributed by atoms with Crippen LogP contribution in [-0.4, -0.2) is 27.4 Å². The molecule has 3 heterocycles. The first-order valence-corrected chi connectivity index (χ1v) is 10.7. The minimum absolute atomic E-state index is 0.0280. The molecule has 4 aromatic rings. The Morgan fingerprint density at radius 2 is 2.07 bits per heavy atom. The highest BCUT2D eigenvalue weighted by Gasteiger charge is 2.22. The van der Waals surface area contributed by atoms with E-state index in [2.05, 4.69) is 43.8 Å². The summed E-state index contributed by atoms with van der Waals surface area (Å²) >= 11 is 7.88. The number of benzene rings is 1. The number of para-hydroxylation sites is 1. The number of nitrogens with zero attached hydrogens (tertiary/aromatic N) is 2. The summed E-state index contributed by atoms with van der Waals surface area (Å²) in [6, 6.07) is 12.3. The molecule has 0 bridgehead atoms. The first kappa shape index (κ1) is 19.6. The molecule has 0 spiro atoms. The smallest absolute Gasteiger partial charge is 0.271 e. The lowest BCUT2D eigenvalue weighted by atomic mass is 9.96. The molecule has 0 aliphatic carbocycles. The van der Waals surface area contributed by atoms with Crippen LogP contribution >= 0.6 is 22.9 Å². The summed E-state index contributed by atoms with van der Waals surface area (Å²) in [4.78, 5) is 25.9. The van der Waals surface area contributed by atoms with Crippen LogP contribution in [0.3, 0.4) is 0 Å². The molecule has 0 saturated heterocycles. The van der Waals surface area contributed by atoms with E-state index >= 15 is 0 Å². The number of aromatic nitrogens is 3. The first-order valence-electron chi connectivity index (χ1n) is 9.44. The van der Waals surface area contributed by atoms with Gasteiger partial charge in [0.05, 0.1) is 11.2 Å². The molecule has 2 N–H and O–H groups in total. The Balaban J connectivity index is 1.62. The second kappa shape index (κ2) is 8.35. The van der Waals surface area contributed by atoms with Crippen LogP contribution in [0.25, 0.3) is 10.9 Å². The maximum absolute atomic E-state index is 12.9. The number of carbonyl (C=O) groups excluding carboxylic acids is 1. The number of nitrogens with one attached hydrogen (secondary N) is 2. The molecule has 3 aromatic heterocycles. The van der Waals surface area contributed by atoms with E-state index in [1.807, 2.05) is 38.2 Å². The number of halogens is 1. The van der Waals surface area contributed by atoms with Gasteiger partial charge in [0, 0.05) is 40.4 Å². The number of amides is 1. The highest BCUT2D eigenvalue weighted by Crippen LogP contribution is 2.33. The van der Waals surface area contributed by atoms with Gasteiger partial charge in [-0.1, -0.05) is 49.7 Å². The van der Waals surface area contributed by atoms with Crippen molar-refractivity contribution in [3.8, 4) is 0 Å². The monoisotopic (exact) mass is 424 g/mol. The lowest BCUT2D eigenvalue weighted by molar-refractivity contribution is 0.0947. The molecule has 5 nitrogen and oxygen atoms in total. The minimum atomic E-state index is -0.291. The molecule has 1 unspecified atom stereocenters. The third kappa shape index (κ3) is 4.04. The fraction of sp³-hybridized carbons (Fsp3) is 0.227. The molecule has 0 radical (unpaired) electrons. The molecular formula is C22H21ClN4OS. The highest BCUT2D eigenvalue weighted by molar-refractivity contribution is 7.10. The Hall–Kier alpha value is -2.70. The Morgan fingerprint density at radius 1 is 1.24 bits per heavy atom. The zero-order valence-corrected chi connectivity index (χ0v) is 17.7. The van der Waals surface area contributed by atoms with Crippen molar-refractivity contribution in [2.45, 2.75) is 25.7 Å². The Labute approximate surface area is 178 Å². The summed E-state index contributed by atoms with van der Waals surface area (Å²) < 4.78 is 0. The van der Waals surface area contributed by atoms with E-state index in [-0.39, 0.29) is 28.5 Å². The molecular weight excluding hydrogens is 404 g/mol. The molecule has 1 atom stereocenters. The van der Waals surface area contributed by atoms with Crippen molar-refractivity contribution in [2.75, 3.05) is 6.54 Å². The van der Waals surface area contributed by atoms with Crippen LogP contribution in [0.2, 0.25) is 5.02 Å². The summed E-state index contributed by atoms with van der Waals surface area (Å²) in [5, 5.41) is 6.49. The molecule has 0 aliphatic rings. The molecule has 1 amide bonds. The van der Waals surface area contributed by atoms with Crippen molar-refractivity contribution in [3.63, 3.8) is 0 Å². The van der Waals surface area contributed by atoms with Crippen molar-refractivity contribution in [3.05, 3.63) is 81.2 Å². The number of carbonyl (C=O) groups is 1. The summed E-state index contributed by atoms with van der Waals surface area (Å²) in [7, 11) is 0. The molecule has 0 aliphatic heterocycles. The quantitative estimate of drug-likeness (QED) is 0.437. The number of hydrogen-bond acceptors (Lipinski definition) is 4. The van der Waals surface area contributed by atoms with E-state index in [0.717, 1.165) is 16.5 Å². The van der Waals surface area contributed by atoms with Crippen LogP contribution in [0.5, 0.6) is 0 Å². The van der Waals surface area contributed by atoms with Crippen LogP contribution in [0.4, 0.5) is 0 Å². The maximum atomic E-state index is 12.9. The SMILES string of the molecule is CC(C)c1ncc(Cl)c(C(=O)NCC(c2cccs2)c2c[nH]c3ccccc23)n1. The maximum Gasteiger partial charge on any atom is 0.271 e. The number of aromatic amines is 1. The number of fused-ring (bicyclic) bond motifs is 1. The van der Waals surface area contributed by atoms with Gasteiger partial charge in [-0.3, -0.25) is 4.79 Å². The fourth-order valence-electron chi connectivity index (χ4n) is 3.33. The van der Waals surface area contributed by atoms with Gasteiger partial charge in [-0.05, 0) is 23.1 Å². The first-order chi connectivity index (χ1) is 14.0. The van der Waals surface area contributed by atoms with Crippen LogP contribution < -0.4 is 5.32 Å². The van der Waals surface area contributed by atoms with Crippen LogP contribution in [0.15, 0.2) is 54.2 Å². The minimum Gasteiger partial charge on any atom is -0.361 e. The third-order valence-electron chi connectivity index (χ3n) is 4.84. The van der Waals surface area contributed by atoms with E-state index in [1.165, 1.54) is 11.1 Å². The standard InChI is InChI=1S/C22H21ClN4OS/c1-13(2)21-25-12-17(23)20(27-21)22(28)26-11-16(19-8-5-9-29-19)15-10-24-18-7-4-3-6-14(15)18/h3-10,12-13,16,24H,11H2,1-2H3,(H,26,28). The molecule has 4 rings (SSSR count). The van der Waals surface area contributed by atoms with Gasteiger partial charge in [-0.25, -0.2) is 9.97 Å². The van der Waals surface area contributed by atoms with Crippen LogP contribution in [0.1, 0.15) is 52.4 Å². The van der Waals surface area contributed by atoms with Gasteiger partial charge in [-0.15, -0.1) is 11.3 Å². The van der Waals surface area contributed by atoms with E-state index in [4.69, 9.17) is 11.6 Å². The third-order valence-corrected chi connectivity index (χ3v) is 6.11. The Bertz CT molecular complexity index is 1140. The molecule has 1 aromatic carbocycles. The predicted octanol–water partition coefficient (Wildman–Crippen LogP) is 5.36. The van der Waals surface area contributed by atoms with Gasteiger partial charge in [0.15, 0.2) is 0 Å². The van der Waals surface area contributed by atoms with Crippen molar-refractivity contribution < 1.29 is 4.79 Å². The normalized spacial score (nSPS) is 12.4. The van der Waals surface area contributed by atoms with Gasteiger partial charge < -0.3 is 10.3 Å². The summed E-state index contributed by atoms with van der Waals surface area (Å²) in [6.45, 7) is 4.40. The van der Waals surface area contributed by atoms with Gasteiger partial charge in [0.1, 0.15) is 11.5 Å². The van der Waals surface area contributed by atoms with Gasteiger partial charge in [-0.2, -0.15) is 0 Å². The van der Waals surface area contributed by atoms with Crippen molar-refractivity contribution in [2.24, 2.45) is 0 Å². The van der Waals surface area contributed by atoms with Gasteiger partial charge in [0.25, 0.3) is 5.91 Å². The van der Waals surface area contributed by atoms with Crippen molar-refractivity contribution >= 4 is 39.7 Å². The van der Waals surface area contributed by atoms with Crippen molar-refractivity contribution in [1.29, 1.82) is 0 Å². The molecule has 29 heavy (non-hydrogen) atoms. The second-order valence-corrected chi connectivity index (χ2v) is 8.53. The molecule has 0 fully saturated rings. The average Bonchev–Trinajstić information content (AvgIpc) is 3.39. The Kier molecular flexibility index (Phi) is 5.65. The number of rotatable bonds is 6. The predicted molar refractivity (Wildman–Crippen MR) is 118 cm³/mol. The van der Waals surface area contributed by atoms with E-state index in [0.29, 0.717) is 12.4 Å². The lowest BCUT2D eigenvalue weighted by Crippen LogP contribution is -2.30. The van der Waals surface area contributed by atoms with Crippen molar-refractivity contribution in [1.82, 2.24) is 20.3 Å². The lowest BCUT2D eigenvalue weighted by Gasteiger charge is -2.17. The van der Waals surface area contributed by atoms with E-state index in [9.17, 15) is 4.79 Å². The zero-order valence-electron chi connectivity index (χ0n) is 16.1. The molecule has 148 valence electrons. The highest BCUT2D eigenvalue weighted by atomic mass is 35.5. The second-order valence-electron chi connectivity index (χ2n) is 7.15. The summed E-state index contributed by atoms with van der Waals surface area (Å²) in [5.74, 6) is 0.455. The Morgan fingerprint density at radius 3 is 2.83 bits per heavy atom. The van der Waals surface area contributed by atoms with Gasteiger partial charge in [0.2, 0.25) is 0 Å².